The third-order valence-electron chi connectivity index (χ3n) is 5.04. The van der Waals surface area contributed by atoms with Crippen LogP contribution in [-0.2, 0) is 6.54 Å². The Morgan fingerprint density at radius 2 is 1.58 bits per heavy atom. The van der Waals surface area contributed by atoms with Crippen LogP contribution in [0.4, 0.5) is 0 Å². The average Bonchev–Trinajstić information content (AvgIpc) is 2.97. The third kappa shape index (κ3) is 2.36. The summed E-state index contributed by atoms with van der Waals surface area (Å²) in [6.45, 7) is 8.71. The second kappa shape index (κ2) is 6.25. The molecule has 3 heteroatoms. The molecule has 2 aromatic heterocycles. The Bertz CT molecular complexity index is 996. The van der Waals surface area contributed by atoms with Gasteiger partial charge in [-0.15, -0.1) is 0 Å². The number of benzene rings is 2. The highest BCUT2D eigenvalue weighted by Gasteiger charge is 2.14. The maximum Gasteiger partial charge on any atom is 0.0723 e. The summed E-state index contributed by atoms with van der Waals surface area (Å²) in [4.78, 5) is 7.15. The smallest absolute Gasteiger partial charge is 0.0723 e. The molecule has 0 aliphatic rings. The molecule has 2 heterocycles. The molecule has 0 aliphatic carbocycles. The second-order valence-electron chi connectivity index (χ2n) is 6.23. The Kier molecular flexibility index (Phi) is 3.95. The predicted molar refractivity (Wildman–Crippen MR) is 103 cm³/mol. The molecular formula is C21H23N3. The molecular weight excluding hydrogens is 294 g/mol. The number of pyridine rings is 1. The number of hydrogen-bond acceptors (Lipinski definition) is 2. The molecule has 0 amide bonds. The first-order valence-electron chi connectivity index (χ1n) is 8.80. The number of likely N-dealkylation sites (N-methyl/N-ethyl adjacent to an activating group) is 1. The lowest BCUT2D eigenvalue weighted by molar-refractivity contribution is 0.293. The summed E-state index contributed by atoms with van der Waals surface area (Å²) in [5.41, 5.74) is 3.68. The average molecular weight is 317 g/mol. The number of aromatic nitrogens is 2. The standard InChI is InChI=1S/C21H23N3/c1-3-23(4-2)13-14-24-20-12-8-6-9-16(20)18-15-22-19-11-7-5-10-17(19)21(18)24/h5-12,15H,3-4,13-14H2,1-2H3. The van der Waals surface area contributed by atoms with Crippen molar-refractivity contribution in [1.82, 2.24) is 14.5 Å². The van der Waals surface area contributed by atoms with Crippen molar-refractivity contribution in [2.45, 2.75) is 20.4 Å². The molecule has 0 N–H and O–H groups in total. The minimum Gasteiger partial charge on any atom is -0.339 e. The fourth-order valence-electron chi connectivity index (χ4n) is 3.69. The van der Waals surface area contributed by atoms with Gasteiger partial charge in [0.25, 0.3) is 0 Å². The van der Waals surface area contributed by atoms with Crippen LogP contribution in [0.1, 0.15) is 13.8 Å². The minimum absolute atomic E-state index is 1.000. The van der Waals surface area contributed by atoms with E-state index in [-0.39, 0.29) is 0 Å². The molecule has 0 spiro atoms. The maximum atomic E-state index is 4.68. The molecule has 4 aromatic rings. The Morgan fingerprint density at radius 3 is 2.38 bits per heavy atom. The van der Waals surface area contributed by atoms with Gasteiger partial charge in [-0.25, -0.2) is 0 Å². The van der Waals surface area contributed by atoms with Gasteiger partial charge in [-0.1, -0.05) is 50.2 Å². The highest BCUT2D eigenvalue weighted by Crippen LogP contribution is 2.32. The van der Waals surface area contributed by atoms with Gasteiger partial charge < -0.3 is 9.47 Å². The van der Waals surface area contributed by atoms with Crippen LogP contribution < -0.4 is 0 Å². The maximum absolute atomic E-state index is 4.68. The van der Waals surface area contributed by atoms with E-state index >= 15 is 0 Å². The van der Waals surface area contributed by atoms with Crippen LogP contribution in [0.5, 0.6) is 0 Å². The summed E-state index contributed by atoms with van der Waals surface area (Å²) in [6, 6.07) is 17.1. The van der Waals surface area contributed by atoms with Crippen LogP contribution in [-0.4, -0.2) is 34.1 Å². The number of rotatable bonds is 5. The van der Waals surface area contributed by atoms with E-state index < -0.39 is 0 Å². The van der Waals surface area contributed by atoms with Crippen LogP contribution in [0.3, 0.4) is 0 Å². The fourth-order valence-corrected chi connectivity index (χ4v) is 3.69. The zero-order chi connectivity index (χ0) is 16.5. The summed E-state index contributed by atoms with van der Waals surface area (Å²) in [7, 11) is 0. The molecule has 0 bridgehead atoms. The molecule has 0 saturated heterocycles. The van der Waals surface area contributed by atoms with Crippen molar-refractivity contribution in [2.24, 2.45) is 0 Å². The molecule has 0 saturated carbocycles. The van der Waals surface area contributed by atoms with Crippen molar-refractivity contribution in [1.29, 1.82) is 0 Å². The zero-order valence-electron chi connectivity index (χ0n) is 14.4. The molecule has 3 nitrogen and oxygen atoms in total. The van der Waals surface area contributed by atoms with E-state index in [1.54, 1.807) is 0 Å². The molecule has 0 fully saturated rings. The first-order chi connectivity index (χ1) is 11.8. The van der Waals surface area contributed by atoms with Crippen molar-refractivity contribution in [3.05, 3.63) is 54.7 Å². The number of fused-ring (bicyclic) bond motifs is 5. The number of para-hydroxylation sites is 2. The van der Waals surface area contributed by atoms with Crippen LogP contribution in [0, 0.1) is 0 Å². The third-order valence-corrected chi connectivity index (χ3v) is 5.04. The van der Waals surface area contributed by atoms with Gasteiger partial charge in [0.05, 0.1) is 11.0 Å². The molecule has 0 atom stereocenters. The van der Waals surface area contributed by atoms with Gasteiger partial charge in [0.1, 0.15) is 0 Å². The van der Waals surface area contributed by atoms with Crippen molar-refractivity contribution in [3.8, 4) is 0 Å². The van der Waals surface area contributed by atoms with Gasteiger partial charge in [-0.2, -0.15) is 0 Å². The predicted octanol–water partition coefficient (Wildman–Crippen LogP) is 4.68. The van der Waals surface area contributed by atoms with Crippen LogP contribution in [0.15, 0.2) is 54.7 Å². The Balaban J connectivity index is 1.98. The molecule has 24 heavy (non-hydrogen) atoms. The van der Waals surface area contributed by atoms with Gasteiger partial charge in [0.15, 0.2) is 0 Å². The lowest BCUT2D eigenvalue weighted by Crippen LogP contribution is -2.27. The van der Waals surface area contributed by atoms with E-state index in [1.807, 2.05) is 6.20 Å². The summed E-state index contributed by atoms with van der Waals surface area (Å²) >= 11 is 0. The van der Waals surface area contributed by atoms with Crippen molar-refractivity contribution in [2.75, 3.05) is 19.6 Å². The van der Waals surface area contributed by atoms with E-state index in [0.29, 0.717) is 0 Å². The van der Waals surface area contributed by atoms with Gasteiger partial charge >= 0.3 is 0 Å². The summed E-state index contributed by atoms with van der Waals surface area (Å²) in [6.07, 6.45) is 2.04. The quantitative estimate of drug-likeness (QED) is 0.533. The summed E-state index contributed by atoms with van der Waals surface area (Å²) in [5.74, 6) is 0. The Morgan fingerprint density at radius 1 is 0.875 bits per heavy atom. The molecule has 0 radical (unpaired) electrons. The molecule has 0 aliphatic heterocycles. The van der Waals surface area contributed by atoms with Crippen molar-refractivity contribution >= 4 is 32.7 Å². The van der Waals surface area contributed by atoms with E-state index in [9.17, 15) is 0 Å². The molecule has 122 valence electrons. The second-order valence-corrected chi connectivity index (χ2v) is 6.23. The SMILES string of the molecule is CCN(CC)CCn1c2ccccc2c2cnc3ccccc3c21. The first-order valence-corrected chi connectivity index (χ1v) is 8.80. The highest BCUT2D eigenvalue weighted by molar-refractivity contribution is 6.16. The lowest BCUT2D eigenvalue weighted by Gasteiger charge is -2.19. The minimum atomic E-state index is 1.000. The van der Waals surface area contributed by atoms with Gasteiger partial charge in [-0.3, -0.25) is 4.98 Å². The highest BCUT2D eigenvalue weighted by atomic mass is 15.1. The lowest BCUT2D eigenvalue weighted by atomic mass is 10.1. The van der Waals surface area contributed by atoms with Crippen molar-refractivity contribution < 1.29 is 0 Å². The van der Waals surface area contributed by atoms with Crippen LogP contribution >= 0.6 is 0 Å². The van der Waals surface area contributed by atoms with E-state index in [0.717, 1.165) is 31.7 Å². The Hall–Kier alpha value is -2.39. The van der Waals surface area contributed by atoms with Gasteiger partial charge in [0.2, 0.25) is 0 Å². The monoisotopic (exact) mass is 317 g/mol. The fraction of sp³-hybridized carbons (Fsp3) is 0.286. The summed E-state index contributed by atoms with van der Waals surface area (Å²) in [5, 5.41) is 3.79. The van der Waals surface area contributed by atoms with E-state index in [4.69, 9.17) is 0 Å². The Labute approximate surface area is 142 Å². The van der Waals surface area contributed by atoms with Gasteiger partial charge in [-0.05, 0) is 25.2 Å². The number of nitrogens with zero attached hydrogens (tertiary/aromatic N) is 3. The molecule has 2 aromatic carbocycles. The normalized spacial score (nSPS) is 12.0. The topological polar surface area (TPSA) is 21.1 Å². The number of hydrogen-bond donors (Lipinski definition) is 0. The van der Waals surface area contributed by atoms with E-state index in [2.05, 4.69) is 76.8 Å². The van der Waals surface area contributed by atoms with E-state index in [1.165, 1.54) is 27.2 Å². The first kappa shape index (κ1) is 15.2. The van der Waals surface area contributed by atoms with Crippen molar-refractivity contribution in [3.63, 3.8) is 0 Å². The zero-order valence-corrected chi connectivity index (χ0v) is 14.4. The molecule has 0 unspecified atom stereocenters. The van der Waals surface area contributed by atoms with Crippen LogP contribution in [0.2, 0.25) is 0 Å². The largest absolute Gasteiger partial charge is 0.339 e. The molecule has 4 rings (SSSR count). The summed E-state index contributed by atoms with van der Waals surface area (Å²) < 4.78 is 2.48. The van der Waals surface area contributed by atoms with Crippen LogP contribution in [0.25, 0.3) is 32.7 Å². The van der Waals surface area contributed by atoms with Gasteiger partial charge in [0, 0.05) is 41.0 Å².